The summed E-state index contributed by atoms with van der Waals surface area (Å²) in [6, 6.07) is 15.6. The van der Waals surface area contributed by atoms with Crippen LogP contribution in [0.3, 0.4) is 0 Å². The van der Waals surface area contributed by atoms with Crippen molar-refractivity contribution in [2.24, 2.45) is 0 Å². The van der Waals surface area contributed by atoms with Gasteiger partial charge in [-0.1, -0.05) is 18.2 Å². The van der Waals surface area contributed by atoms with Gasteiger partial charge in [0.25, 0.3) is 5.91 Å². The first kappa shape index (κ1) is 18.3. The van der Waals surface area contributed by atoms with Crippen LogP contribution in [0.1, 0.15) is 39.9 Å². The summed E-state index contributed by atoms with van der Waals surface area (Å²) in [6.07, 6.45) is 1.94. The SMILES string of the molecule is O=C(c1cccc(OCc2cscn2)c1)N1CCCC1c1nc2ccccc2s1. The third-order valence-electron chi connectivity index (χ3n) is 5.06. The fourth-order valence-corrected chi connectivity index (χ4v) is 5.31. The predicted octanol–water partition coefficient (Wildman–Crippen LogP) is 5.31. The summed E-state index contributed by atoms with van der Waals surface area (Å²) in [7, 11) is 0. The van der Waals surface area contributed by atoms with Gasteiger partial charge in [-0.25, -0.2) is 9.97 Å². The number of aromatic nitrogens is 2. The molecule has 7 heteroatoms. The number of ether oxygens (including phenoxy) is 1. The Hall–Kier alpha value is -2.77. The minimum absolute atomic E-state index is 0.0332. The number of amides is 1. The molecule has 5 nitrogen and oxygen atoms in total. The van der Waals surface area contributed by atoms with Gasteiger partial charge >= 0.3 is 0 Å². The Morgan fingerprint density at radius 3 is 3.00 bits per heavy atom. The van der Waals surface area contributed by atoms with E-state index in [-0.39, 0.29) is 11.9 Å². The summed E-state index contributed by atoms with van der Waals surface area (Å²) in [6.45, 7) is 1.16. The fraction of sp³-hybridized carbons (Fsp3) is 0.227. The van der Waals surface area contributed by atoms with Crippen LogP contribution in [0.25, 0.3) is 10.2 Å². The van der Waals surface area contributed by atoms with Gasteiger partial charge in [0.15, 0.2) is 0 Å². The van der Waals surface area contributed by atoms with Crippen LogP contribution < -0.4 is 4.74 Å². The number of rotatable bonds is 5. The number of nitrogens with zero attached hydrogens (tertiary/aromatic N) is 3. The lowest BCUT2D eigenvalue weighted by Crippen LogP contribution is -2.30. The van der Waals surface area contributed by atoms with Gasteiger partial charge in [0.1, 0.15) is 17.4 Å². The number of benzene rings is 2. The first-order valence-corrected chi connectivity index (χ1v) is 11.3. The van der Waals surface area contributed by atoms with Crippen LogP contribution in [0.15, 0.2) is 59.4 Å². The van der Waals surface area contributed by atoms with Crippen LogP contribution in [0, 0.1) is 0 Å². The summed E-state index contributed by atoms with van der Waals surface area (Å²) in [5, 5.41) is 2.98. The molecular weight excluding hydrogens is 402 g/mol. The lowest BCUT2D eigenvalue weighted by Gasteiger charge is -2.23. The number of hydrogen-bond acceptors (Lipinski definition) is 6. The second kappa shape index (κ2) is 7.93. The predicted molar refractivity (Wildman–Crippen MR) is 116 cm³/mol. The molecular formula is C22H19N3O2S2. The van der Waals surface area contributed by atoms with Crippen molar-refractivity contribution in [3.8, 4) is 5.75 Å². The van der Waals surface area contributed by atoms with Crippen LogP contribution in [0.4, 0.5) is 0 Å². The fourth-order valence-electron chi connectivity index (χ4n) is 3.65. The first-order valence-electron chi connectivity index (χ1n) is 9.54. The monoisotopic (exact) mass is 421 g/mol. The molecule has 1 aliphatic heterocycles. The van der Waals surface area contributed by atoms with Crippen molar-refractivity contribution in [1.29, 1.82) is 0 Å². The van der Waals surface area contributed by atoms with E-state index in [1.54, 1.807) is 28.2 Å². The molecule has 3 heterocycles. The zero-order chi connectivity index (χ0) is 19.6. The molecule has 0 spiro atoms. The van der Waals surface area contributed by atoms with Gasteiger partial charge in [-0.05, 0) is 43.2 Å². The van der Waals surface area contributed by atoms with Crippen LogP contribution in [0.5, 0.6) is 5.75 Å². The van der Waals surface area contributed by atoms with Crippen molar-refractivity contribution < 1.29 is 9.53 Å². The van der Waals surface area contributed by atoms with Crippen molar-refractivity contribution >= 4 is 38.8 Å². The number of carbonyl (C=O) groups is 1. The lowest BCUT2D eigenvalue weighted by molar-refractivity contribution is 0.0735. The molecule has 1 amide bonds. The second-order valence-corrected chi connectivity index (χ2v) is 8.75. The first-order chi connectivity index (χ1) is 14.3. The van der Waals surface area contributed by atoms with Gasteiger partial charge in [-0.2, -0.15) is 0 Å². The van der Waals surface area contributed by atoms with Gasteiger partial charge in [-0.15, -0.1) is 22.7 Å². The molecule has 2 aromatic carbocycles. The van der Waals surface area contributed by atoms with E-state index in [4.69, 9.17) is 9.72 Å². The number of likely N-dealkylation sites (tertiary alicyclic amines) is 1. The Balaban J connectivity index is 1.35. The number of para-hydroxylation sites is 1. The molecule has 29 heavy (non-hydrogen) atoms. The maximum atomic E-state index is 13.3. The molecule has 0 aliphatic carbocycles. The standard InChI is InChI=1S/C22H19N3O2S2/c26-22(15-5-3-6-17(11-15)27-12-16-13-28-14-23-16)25-10-4-8-19(25)21-24-18-7-1-2-9-20(18)29-21/h1-3,5-7,9,11,13-14,19H,4,8,10,12H2. The van der Waals surface area contributed by atoms with Crippen molar-refractivity contribution in [1.82, 2.24) is 14.9 Å². The minimum atomic E-state index is 0.0332. The zero-order valence-electron chi connectivity index (χ0n) is 15.7. The highest BCUT2D eigenvalue weighted by Gasteiger charge is 2.32. The second-order valence-electron chi connectivity index (χ2n) is 6.97. The molecule has 0 N–H and O–H groups in total. The summed E-state index contributed by atoms with van der Waals surface area (Å²) in [4.78, 5) is 24.2. The lowest BCUT2D eigenvalue weighted by atomic mass is 10.1. The molecule has 0 radical (unpaired) electrons. The topological polar surface area (TPSA) is 55.3 Å². The third kappa shape index (κ3) is 3.75. The molecule has 146 valence electrons. The molecule has 0 saturated carbocycles. The third-order valence-corrected chi connectivity index (χ3v) is 6.83. The summed E-state index contributed by atoms with van der Waals surface area (Å²) in [5.74, 6) is 0.713. The number of carbonyl (C=O) groups excluding carboxylic acids is 1. The molecule has 1 saturated heterocycles. The molecule has 5 rings (SSSR count). The van der Waals surface area contributed by atoms with Gasteiger partial charge in [0.05, 0.1) is 27.5 Å². The smallest absolute Gasteiger partial charge is 0.254 e. The van der Waals surface area contributed by atoms with E-state index in [9.17, 15) is 4.79 Å². The maximum Gasteiger partial charge on any atom is 0.254 e. The van der Waals surface area contributed by atoms with E-state index in [1.807, 2.05) is 52.7 Å². The molecule has 1 unspecified atom stereocenters. The van der Waals surface area contributed by atoms with E-state index < -0.39 is 0 Å². The van der Waals surface area contributed by atoms with Crippen LogP contribution in [-0.2, 0) is 6.61 Å². The average Bonchev–Trinajstić information content (AvgIpc) is 3.51. The molecule has 0 bridgehead atoms. The van der Waals surface area contributed by atoms with Crippen LogP contribution in [0.2, 0.25) is 0 Å². The minimum Gasteiger partial charge on any atom is -0.487 e. The Kier molecular flexibility index (Phi) is 4.99. The Morgan fingerprint density at radius 1 is 1.21 bits per heavy atom. The average molecular weight is 422 g/mol. The van der Waals surface area contributed by atoms with E-state index >= 15 is 0 Å². The van der Waals surface area contributed by atoms with Crippen molar-refractivity contribution in [2.75, 3.05) is 6.54 Å². The summed E-state index contributed by atoms with van der Waals surface area (Å²) in [5.41, 5.74) is 4.33. The Labute approximate surface area is 176 Å². The highest BCUT2D eigenvalue weighted by Crippen LogP contribution is 2.37. The van der Waals surface area contributed by atoms with Gasteiger partial charge in [0.2, 0.25) is 0 Å². The van der Waals surface area contributed by atoms with E-state index in [0.717, 1.165) is 35.6 Å². The molecule has 1 aliphatic rings. The van der Waals surface area contributed by atoms with Gasteiger partial charge in [-0.3, -0.25) is 4.79 Å². The summed E-state index contributed by atoms with van der Waals surface area (Å²) < 4.78 is 6.98. The zero-order valence-corrected chi connectivity index (χ0v) is 17.3. The molecule has 4 aromatic rings. The van der Waals surface area contributed by atoms with E-state index in [0.29, 0.717) is 17.9 Å². The highest BCUT2D eigenvalue weighted by molar-refractivity contribution is 7.18. The van der Waals surface area contributed by atoms with Crippen molar-refractivity contribution in [2.45, 2.75) is 25.5 Å². The number of fused-ring (bicyclic) bond motifs is 1. The van der Waals surface area contributed by atoms with Crippen LogP contribution in [-0.4, -0.2) is 27.3 Å². The van der Waals surface area contributed by atoms with Crippen molar-refractivity contribution in [3.05, 3.63) is 75.7 Å². The quantitative estimate of drug-likeness (QED) is 0.438. The van der Waals surface area contributed by atoms with E-state index in [1.165, 1.54) is 4.70 Å². The highest BCUT2D eigenvalue weighted by atomic mass is 32.1. The van der Waals surface area contributed by atoms with Gasteiger partial charge < -0.3 is 9.64 Å². The van der Waals surface area contributed by atoms with Crippen LogP contribution >= 0.6 is 22.7 Å². The molecule has 1 fully saturated rings. The normalized spacial score (nSPS) is 16.4. The number of hydrogen-bond donors (Lipinski definition) is 0. The summed E-state index contributed by atoms with van der Waals surface area (Å²) >= 11 is 3.23. The maximum absolute atomic E-state index is 13.3. The largest absolute Gasteiger partial charge is 0.487 e. The molecule has 1 atom stereocenters. The van der Waals surface area contributed by atoms with Gasteiger partial charge in [0, 0.05) is 17.5 Å². The Morgan fingerprint density at radius 2 is 2.14 bits per heavy atom. The van der Waals surface area contributed by atoms with E-state index in [2.05, 4.69) is 11.1 Å². The molecule has 2 aromatic heterocycles. The van der Waals surface area contributed by atoms with Crippen molar-refractivity contribution in [3.63, 3.8) is 0 Å². The number of thiazole rings is 2. The Bertz CT molecular complexity index is 1110.